The van der Waals surface area contributed by atoms with Crippen LogP contribution in [0.3, 0.4) is 0 Å². The Morgan fingerprint density at radius 3 is 2.43 bits per heavy atom. The first-order valence-corrected chi connectivity index (χ1v) is 12.7. The predicted octanol–water partition coefficient (Wildman–Crippen LogP) is 4.85. The summed E-state index contributed by atoms with van der Waals surface area (Å²) in [6, 6.07) is 14.7. The van der Waals surface area contributed by atoms with E-state index in [0.717, 1.165) is 17.7 Å². The number of methoxy groups -OCH3 is 1. The average molecular weight is 494 g/mol. The van der Waals surface area contributed by atoms with Crippen LogP contribution in [0.5, 0.6) is 5.75 Å². The standard InChI is InChI=1S/C26H31N5O3S/c1-16(2)14-15-30-24(33)20-8-6-7-9-21(20)31-25(30)28-29-26(31)35-22(17(3)4)23(32)27-18-10-12-19(34-5)13-11-18/h6-13,16-17,22H,14-15H2,1-5H3,(H,27,32). The number of para-hydroxylation sites is 1. The Bertz CT molecular complexity index is 1390. The number of aryl methyl sites for hydroxylation is 1. The number of hydrogen-bond acceptors (Lipinski definition) is 6. The van der Waals surface area contributed by atoms with Crippen molar-refractivity contribution in [2.45, 2.75) is 51.1 Å². The van der Waals surface area contributed by atoms with E-state index >= 15 is 0 Å². The van der Waals surface area contributed by atoms with E-state index in [2.05, 4.69) is 29.4 Å². The summed E-state index contributed by atoms with van der Waals surface area (Å²) in [5.41, 5.74) is 1.36. The second-order valence-electron chi connectivity index (χ2n) is 9.27. The number of aromatic nitrogens is 4. The quantitative estimate of drug-likeness (QED) is 0.335. The second-order valence-corrected chi connectivity index (χ2v) is 10.4. The summed E-state index contributed by atoms with van der Waals surface area (Å²) in [5.74, 6) is 1.57. The van der Waals surface area contributed by atoms with Crippen molar-refractivity contribution in [2.75, 3.05) is 12.4 Å². The van der Waals surface area contributed by atoms with Crippen LogP contribution < -0.4 is 15.6 Å². The molecule has 0 radical (unpaired) electrons. The van der Waals surface area contributed by atoms with Gasteiger partial charge in [-0.1, -0.05) is 51.6 Å². The summed E-state index contributed by atoms with van der Waals surface area (Å²) in [5, 5.41) is 12.6. The minimum absolute atomic E-state index is 0.0312. The minimum Gasteiger partial charge on any atom is -0.497 e. The molecular formula is C26H31N5O3S. The van der Waals surface area contributed by atoms with Gasteiger partial charge in [0.05, 0.1) is 23.3 Å². The van der Waals surface area contributed by atoms with Crippen molar-refractivity contribution in [1.82, 2.24) is 19.2 Å². The normalized spacial score (nSPS) is 12.5. The molecule has 2 heterocycles. The molecule has 1 unspecified atom stereocenters. The summed E-state index contributed by atoms with van der Waals surface area (Å²) >= 11 is 1.36. The van der Waals surface area contributed by atoms with Crippen LogP contribution in [-0.2, 0) is 11.3 Å². The topological polar surface area (TPSA) is 90.5 Å². The number of fused-ring (bicyclic) bond motifs is 3. The molecule has 0 aliphatic heterocycles. The number of ether oxygens (including phenoxy) is 1. The van der Waals surface area contributed by atoms with Gasteiger partial charge in [-0.15, -0.1) is 10.2 Å². The minimum atomic E-state index is -0.417. The number of nitrogens with zero attached hydrogens (tertiary/aromatic N) is 4. The Kier molecular flexibility index (Phi) is 7.45. The highest BCUT2D eigenvalue weighted by Crippen LogP contribution is 2.30. The summed E-state index contributed by atoms with van der Waals surface area (Å²) < 4.78 is 8.79. The van der Waals surface area contributed by atoms with Crippen molar-refractivity contribution in [3.05, 3.63) is 58.9 Å². The molecule has 0 saturated carbocycles. The van der Waals surface area contributed by atoms with Crippen LogP contribution in [0, 0.1) is 11.8 Å². The second kappa shape index (κ2) is 10.5. The molecule has 1 amide bonds. The summed E-state index contributed by atoms with van der Waals surface area (Å²) in [4.78, 5) is 26.5. The molecule has 0 aliphatic carbocycles. The third-order valence-electron chi connectivity index (χ3n) is 5.86. The van der Waals surface area contributed by atoms with Crippen molar-refractivity contribution >= 4 is 40.0 Å². The van der Waals surface area contributed by atoms with E-state index in [9.17, 15) is 9.59 Å². The van der Waals surface area contributed by atoms with Gasteiger partial charge in [-0.2, -0.15) is 0 Å². The van der Waals surface area contributed by atoms with E-state index in [4.69, 9.17) is 4.74 Å². The van der Waals surface area contributed by atoms with Gasteiger partial charge in [-0.25, -0.2) is 0 Å². The monoisotopic (exact) mass is 493 g/mol. The smallest absolute Gasteiger partial charge is 0.262 e. The molecule has 0 aliphatic rings. The van der Waals surface area contributed by atoms with Crippen LogP contribution in [-0.4, -0.2) is 37.4 Å². The zero-order valence-corrected chi connectivity index (χ0v) is 21.5. The molecule has 9 heteroatoms. The van der Waals surface area contributed by atoms with Crippen LogP contribution in [0.2, 0.25) is 0 Å². The number of rotatable bonds is 9. The number of benzene rings is 2. The van der Waals surface area contributed by atoms with Crippen LogP contribution in [0.4, 0.5) is 5.69 Å². The van der Waals surface area contributed by atoms with Gasteiger partial charge in [0.25, 0.3) is 5.56 Å². The zero-order valence-electron chi connectivity index (χ0n) is 20.7. The third kappa shape index (κ3) is 5.19. The maximum absolute atomic E-state index is 13.3. The van der Waals surface area contributed by atoms with Gasteiger partial charge in [-0.3, -0.25) is 18.6 Å². The van der Waals surface area contributed by atoms with Crippen molar-refractivity contribution in [2.24, 2.45) is 11.8 Å². The Balaban J connectivity index is 1.72. The number of carbonyl (C=O) groups excluding carboxylic acids is 1. The van der Waals surface area contributed by atoms with Crippen molar-refractivity contribution < 1.29 is 9.53 Å². The first-order valence-electron chi connectivity index (χ1n) is 11.8. The Hall–Kier alpha value is -3.33. The predicted molar refractivity (Wildman–Crippen MR) is 140 cm³/mol. The summed E-state index contributed by atoms with van der Waals surface area (Å²) in [6.07, 6.45) is 0.849. The zero-order chi connectivity index (χ0) is 25.1. The molecule has 0 fully saturated rings. The number of nitrogens with one attached hydrogen (secondary N) is 1. The lowest BCUT2D eigenvalue weighted by molar-refractivity contribution is -0.116. The van der Waals surface area contributed by atoms with Crippen LogP contribution in [0.25, 0.3) is 16.7 Å². The summed E-state index contributed by atoms with van der Waals surface area (Å²) in [6.45, 7) is 8.82. The van der Waals surface area contributed by atoms with Gasteiger partial charge in [-0.05, 0) is 54.7 Å². The fourth-order valence-electron chi connectivity index (χ4n) is 3.89. The van der Waals surface area contributed by atoms with E-state index in [-0.39, 0.29) is 17.4 Å². The van der Waals surface area contributed by atoms with Gasteiger partial charge in [0.15, 0.2) is 5.16 Å². The maximum atomic E-state index is 13.3. The average Bonchev–Trinajstić information content (AvgIpc) is 3.26. The van der Waals surface area contributed by atoms with Crippen LogP contribution in [0.15, 0.2) is 58.5 Å². The number of thioether (sulfide) groups is 1. The number of carbonyl (C=O) groups is 1. The molecule has 184 valence electrons. The number of hydrogen-bond donors (Lipinski definition) is 1. The molecule has 0 bridgehead atoms. The van der Waals surface area contributed by atoms with Crippen molar-refractivity contribution in [1.29, 1.82) is 0 Å². The maximum Gasteiger partial charge on any atom is 0.262 e. The molecule has 0 saturated heterocycles. The van der Waals surface area contributed by atoms with E-state index in [1.807, 2.05) is 66.8 Å². The van der Waals surface area contributed by atoms with Crippen LogP contribution in [0.1, 0.15) is 34.1 Å². The molecule has 4 aromatic rings. The molecule has 4 rings (SSSR count). The summed E-state index contributed by atoms with van der Waals surface area (Å²) in [7, 11) is 1.61. The molecular weight excluding hydrogens is 462 g/mol. The van der Waals surface area contributed by atoms with Crippen molar-refractivity contribution in [3.63, 3.8) is 0 Å². The molecule has 8 nitrogen and oxygen atoms in total. The highest BCUT2D eigenvalue weighted by molar-refractivity contribution is 8.00. The fraction of sp³-hybridized carbons (Fsp3) is 0.385. The van der Waals surface area contributed by atoms with E-state index in [1.54, 1.807) is 11.7 Å². The third-order valence-corrected chi connectivity index (χ3v) is 7.35. The first kappa shape index (κ1) is 24.8. The van der Waals surface area contributed by atoms with E-state index < -0.39 is 5.25 Å². The molecule has 1 atom stereocenters. The van der Waals surface area contributed by atoms with Gasteiger partial charge < -0.3 is 10.1 Å². The molecule has 35 heavy (non-hydrogen) atoms. The number of amides is 1. The highest BCUT2D eigenvalue weighted by Gasteiger charge is 2.27. The van der Waals surface area contributed by atoms with Gasteiger partial charge in [0.2, 0.25) is 11.7 Å². The highest BCUT2D eigenvalue weighted by atomic mass is 32.2. The van der Waals surface area contributed by atoms with Gasteiger partial charge in [0.1, 0.15) is 5.75 Å². The van der Waals surface area contributed by atoms with Gasteiger partial charge >= 0.3 is 0 Å². The lowest BCUT2D eigenvalue weighted by Gasteiger charge is -2.19. The molecule has 0 spiro atoms. The van der Waals surface area contributed by atoms with E-state index in [1.165, 1.54) is 11.8 Å². The lowest BCUT2D eigenvalue weighted by Crippen LogP contribution is -2.30. The van der Waals surface area contributed by atoms with Gasteiger partial charge in [0, 0.05) is 12.2 Å². The largest absolute Gasteiger partial charge is 0.497 e. The Morgan fingerprint density at radius 2 is 1.77 bits per heavy atom. The lowest BCUT2D eigenvalue weighted by atomic mass is 10.1. The molecule has 2 aromatic heterocycles. The number of anilines is 1. The molecule has 1 N–H and O–H groups in total. The van der Waals surface area contributed by atoms with E-state index in [0.29, 0.717) is 34.5 Å². The van der Waals surface area contributed by atoms with Crippen LogP contribution >= 0.6 is 11.8 Å². The Morgan fingerprint density at radius 1 is 1.06 bits per heavy atom. The molecule has 2 aromatic carbocycles. The first-order chi connectivity index (χ1) is 16.8. The Labute approximate surface area is 208 Å². The van der Waals surface area contributed by atoms with Crippen molar-refractivity contribution in [3.8, 4) is 5.75 Å². The fourth-order valence-corrected chi connectivity index (χ4v) is 4.93. The SMILES string of the molecule is COc1ccc(NC(=O)C(Sc2nnc3n(CCC(C)C)c(=O)c4ccccc4n23)C(C)C)cc1.